The van der Waals surface area contributed by atoms with Crippen molar-refractivity contribution in [1.82, 2.24) is 5.16 Å². The molecule has 5 nitrogen and oxygen atoms in total. The molecule has 4 rings (SSSR count). The van der Waals surface area contributed by atoms with Crippen molar-refractivity contribution in [3.8, 4) is 17.4 Å². The van der Waals surface area contributed by atoms with E-state index in [4.69, 9.17) is 8.94 Å². The Balaban J connectivity index is 1.81. The monoisotopic (exact) mass is 314 g/mol. The molecule has 0 bridgehead atoms. The fourth-order valence-corrected chi connectivity index (χ4v) is 2.55. The van der Waals surface area contributed by atoms with Crippen molar-refractivity contribution in [2.24, 2.45) is 0 Å². The molecule has 24 heavy (non-hydrogen) atoms. The standard InChI is InChI=1S/C19H10N2O3/c20-11-14-17(21-24-19(14)12-6-2-1-3-7-12)18(22)16-10-13-8-4-5-9-15(13)23-16/h1-10H. The second kappa shape index (κ2) is 5.52. The Bertz CT molecular complexity index is 1050. The van der Waals surface area contributed by atoms with Crippen LogP contribution in [0.5, 0.6) is 0 Å². The lowest BCUT2D eigenvalue weighted by Gasteiger charge is -1.95. The van der Waals surface area contributed by atoms with E-state index in [0.29, 0.717) is 11.1 Å². The number of furan rings is 1. The van der Waals surface area contributed by atoms with Gasteiger partial charge in [0.15, 0.2) is 17.2 Å². The summed E-state index contributed by atoms with van der Waals surface area (Å²) in [4.78, 5) is 12.7. The van der Waals surface area contributed by atoms with Crippen molar-refractivity contribution < 1.29 is 13.7 Å². The fourth-order valence-electron chi connectivity index (χ4n) is 2.55. The first-order valence-electron chi connectivity index (χ1n) is 7.26. The lowest BCUT2D eigenvalue weighted by Crippen LogP contribution is -2.02. The molecule has 0 saturated carbocycles. The van der Waals surface area contributed by atoms with Gasteiger partial charge in [0.1, 0.15) is 17.2 Å². The van der Waals surface area contributed by atoms with Crippen molar-refractivity contribution >= 4 is 16.8 Å². The molecule has 0 N–H and O–H groups in total. The summed E-state index contributed by atoms with van der Waals surface area (Å²) < 4.78 is 10.8. The van der Waals surface area contributed by atoms with E-state index in [9.17, 15) is 10.1 Å². The average Bonchev–Trinajstić information content (AvgIpc) is 3.25. The molecule has 0 radical (unpaired) electrons. The van der Waals surface area contributed by atoms with Crippen molar-refractivity contribution in [1.29, 1.82) is 5.26 Å². The number of hydrogen-bond donors (Lipinski definition) is 0. The molecular formula is C19H10N2O3. The van der Waals surface area contributed by atoms with Crippen molar-refractivity contribution in [2.75, 3.05) is 0 Å². The summed E-state index contributed by atoms with van der Waals surface area (Å²) in [7, 11) is 0. The van der Waals surface area contributed by atoms with Gasteiger partial charge in [-0.3, -0.25) is 4.79 Å². The van der Waals surface area contributed by atoms with Gasteiger partial charge < -0.3 is 8.94 Å². The van der Waals surface area contributed by atoms with E-state index in [1.165, 1.54) is 0 Å². The summed E-state index contributed by atoms with van der Waals surface area (Å²) in [5, 5.41) is 14.1. The number of fused-ring (bicyclic) bond motifs is 1. The topological polar surface area (TPSA) is 80.0 Å². The number of aromatic nitrogens is 1. The second-order valence-electron chi connectivity index (χ2n) is 5.19. The van der Waals surface area contributed by atoms with Gasteiger partial charge in [-0.2, -0.15) is 5.26 Å². The van der Waals surface area contributed by atoms with E-state index in [2.05, 4.69) is 5.16 Å². The number of para-hydroxylation sites is 1. The Kier molecular flexibility index (Phi) is 3.22. The average molecular weight is 314 g/mol. The summed E-state index contributed by atoms with van der Waals surface area (Å²) in [6.07, 6.45) is 0. The van der Waals surface area contributed by atoms with Gasteiger partial charge in [-0.15, -0.1) is 0 Å². The second-order valence-corrected chi connectivity index (χ2v) is 5.19. The highest BCUT2D eigenvalue weighted by Gasteiger charge is 2.26. The molecule has 0 aliphatic carbocycles. The van der Waals surface area contributed by atoms with Crippen LogP contribution in [-0.4, -0.2) is 10.9 Å². The largest absolute Gasteiger partial charge is 0.453 e. The maximum Gasteiger partial charge on any atom is 0.251 e. The van der Waals surface area contributed by atoms with Crippen LogP contribution in [0.15, 0.2) is 69.6 Å². The Labute approximate surface area is 136 Å². The van der Waals surface area contributed by atoms with Gasteiger partial charge in [0.05, 0.1) is 0 Å². The first kappa shape index (κ1) is 14.0. The molecule has 4 aromatic rings. The maximum atomic E-state index is 12.7. The Morgan fingerprint density at radius 3 is 2.54 bits per heavy atom. The normalized spacial score (nSPS) is 10.6. The number of carbonyl (C=O) groups is 1. The van der Waals surface area contributed by atoms with Crippen LogP contribution in [-0.2, 0) is 0 Å². The minimum absolute atomic E-state index is 0.0459. The lowest BCUT2D eigenvalue weighted by molar-refractivity contribution is 0.100. The van der Waals surface area contributed by atoms with Crippen LogP contribution in [0.4, 0.5) is 0 Å². The minimum Gasteiger partial charge on any atom is -0.453 e. The van der Waals surface area contributed by atoms with Crippen LogP contribution in [0.2, 0.25) is 0 Å². The zero-order valence-electron chi connectivity index (χ0n) is 12.4. The third-order valence-electron chi connectivity index (χ3n) is 3.70. The molecule has 2 aromatic heterocycles. The highest BCUT2D eigenvalue weighted by atomic mass is 16.5. The molecule has 2 aromatic carbocycles. The summed E-state index contributed by atoms with van der Waals surface area (Å²) in [6, 6.07) is 20.0. The molecular weight excluding hydrogens is 304 g/mol. The Morgan fingerprint density at radius 2 is 1.79 bits per heavy atom. The van der Waals surface area contributed by atoms with E-state index in [1.807, 2.05) is 42.5 Å². The highest BCUT2D eigenvalue weighted by Crippen LogP contribution is 2.28. The van der Waals surface area contributed by atoms with Crippen LogP contribution in [0.1, 0.15) is 21.8 Å². The number of carbonyl (C=O) groups excluding carboxylic acids is 1. The predicted octanol–water partition coefficient (Wildman–Crippen LogP) is 4.19. The highest BCUT2D eigenvalue weighted by molar-refractivity contribution is 6.09. The third-order valence-corrected chi connectivity index (χ3v) is 3.70. The molecule has 0 aliphatic heterocycles. The molecule has 114 valence electrons. The van der Waals surface area contributed by atoms with Crippen molar-refractivity contribution in [3.05, 3.63) is 77.7 Å². The number of nitrogens with zero attached hydrogens (tertiary/aromatic N) is 2. The molecule has 0 amide bonds. The van der Waals surface area contributed by atoms with Gasteiger partial charge in [-0.05, 0) is 12.1 Å². The van der Waals surface area contributed by atoms with E-state index < -0.39 is 5.78 Å². The van der Waals surface area contributed by atoms with Crippen molar-refractivity contribution in [3.63, 3.8) is 0 Å². The first-order valence-corrected chi connectivity index (χ1v) is 7.26. The van der Waals surface area contributed by atoms with Gasteiger partial charge in [0, 0.05) is 10.9 Å². The maximum absolute atomic E-state index is 12.7. The van der Waals surface area contributed by atoms with E-state index >= 15 is 0 Å². The number of benzene rings is 2. The molecule has 0 aliphatic rings. The molecule has 0 saturated heterocycles. The lowest BCUT2D eigenvalue weighted by atomic mass is 10.0. The summed E-state index contributed by atoms with van der Waals surface area (Å²) in [5.74, 6) is -0.0770. The number of ketones is 1. The zero-order chi connectivity index (χ0) is 16.5. The number of hydrogen-bond acceptors (Lipinski definition) is 5. The first-order chi connectivity index (χ1) is 11.8. The smallest absolute Gasteiger partial charge is 0.251 e. The van der Waals surface area contributed by atoms with Crippen LogP contribution in [0.25, 0.3) is 22.3 Å². The third kappa shape index (κ3) is 2.18. The van der Waals surface area contributed by atoms with Gasteiger partial charge in [-0.1, -0.05) is 53.7 Å². The quantitative estimate of drug-likeness (QED) is 0.530. The van der Waals surface area contributed by atoms with E-state index in [-0.39, 0.29) is 22.8 Å². The Morgan fingerprint density at radius 1 is 1.04 bits per heavy atom. The van der Waals surface area contributed by atoms with E-state index in [0.717, 1.165) is 5.39 Å². The van der Waals surface area contributed by atoms with Crippen LogP contribution in [0, 0.1) is 11.3 Å². The van der Waals surface area contributed by atoms with Gasteiger partial charge in [-0.25, -0.2) is 0 Å². The molecule has 0 unspecified atom stereocenters. The van der Waals surface area contributed by atoms with Gasteiger partial charge in [0.25, 0.3) is 5.78 Å². The SMILES string of the molecule is N#Cc1c(C(=O)c2cc3ccccc3o2)noc1-c1ccccc1. The fraction of sp³-hybridized carbons (Fsp3) is 0. The van der Waals surface area contributed by atoms with Crippen LogP contribution >= 0.6 is 0 Å². The molecule has 0 spiro atoms. The van der Waals surface area contributed by atoms with Gasteiger partial charge >= 0.3 is 0 Å². The van der Waals surface area contributed by atoms with E-state index in [1.54, 1.807) is 24.3 Å². The minimum atomic E-state index is -0.478. The summed E-state index contributed by atoms with van der Waals surface area (Å²) in [6.45, 7) is 0. The summed E-state index contributed by atoms with van der Waals surface area (Å²) in [5.41, 5.74) is 1.35. The predicted molar refractivity (Wildman–Crippen MR) is 86.3 cm³/mol. The number of rotatable bonds is 3. The van der Waals surface area contributed by atoms with Crippen LogP contribution < -0.4 is 0 Å². The van der Waals surface area contributed by atoms with Gasteiger partial charge in [0.2, 0.25) is 0 Å². The van der Waals surface area contributed by atoms with Crippen LogP contribution in [0.3, 0.4) is 0 Å². The Hall–Kier alpha value is -3.65. The van der Waals surface area contributed by atoms with Crippen molar-refractivity contribution in [2.45, 2.75) is 0 Å². The molecule has 0 fully saturated rings. The molecule has 2 heterocycles. The zero-order valence-corrected chi connectivity index (χ0v) is 12.4. The number of nitriles is 1. The molecule has 5 heteroatoms. The molecule has 0 atom stereocenters. The summed E-state index contributed by atoms with van der Waals surface area (Å²) >= 11 is 0.